The quantitative estimate of drug-likeness (QED) is 0.792. The fourth-order valence-electron chi connectivity index (χ4n) is 2.57. The van der Waals surface area contributed by atoms with Gasteiger partial charge in [0.05, 0.1) is 16.8 Å². The molecule has 0 saturated heterocycles. The van der Waals surface area contributed by atoms with Gasteiger partial charge in [-0.1, -0.05) is 43.6 Å². The standard InChI is InChI=1S/C17H16ClFN2/c1-10(2)15-16(11-5-3-6-12(19)9-11)20-14-8-4-7-13(18)17(14)21-15/h3-10,16,20H,1-2H3. The summed E-state index contributed by atoms with van der Waals surface area (Å²) >= 11 is 6.22. The summed E-state index contributed by atoms with van der Waals surface area (Å²) in [6.45, 7) is 4.16. The summed E-state index contributed by atoms with van der Waals surface area (Å²) in [5.41, 5.74) is 3.46. The lowest BCUT2D eigenvalue weighted by molar-refractivity contribution is 0.625. The van der Waals surface area contributed by atoms with Crippen LogP contribution in [0.3, 0.4) is 0 Å². The second-order valence-corrected chi connectivity index (χ2v) is 5.87. The molecule has 108 valence electrons. The number of aliphatic imine (C=N–C) groups is 1. The van der Waals surface area contributed by atoms with Crippen molar-refractivity contribution in [1.29, 1.82) is 0 Å². The number of halogens is 2. The molecule has 1 N–H and O–H groups in total. The molecule has 1 unspecified atom stereocenters. The molecule has 2 aromatic rings. The zero-order valence-electron chi connectivity index (χ0n) is 11.9. The highest BCUT2D eigenvalue weighted by Crippen LogP contribution is 2.41. The third-order valence-electron chi connectivity index (χ3n) is 3.60. The number of fused-ring (bicyclic) bond motifs is 1. The van der Waals surface area contributed by atoms with Gasteiger partial charge in [-0.15, -0.1) is 0 Å². The Bertz CT molecular complexity index is 710. The Balaban J connectivity index is 2.11. The minimum absolute atomic E-state index is 0.133. The smallest absolute Gasteiger partial charge is 0.123 e. The Morgan fingerprint density at radius 1 is 1.19 bits per heavy atom. The fourth-order valence-corrected chi connectivity index (χ4v) is 2.79. The number of anilines is 1. The van der Waals surface area contributed by atoms with Crippen LogP contribution in [-0.2, 0) is 0 Å². The van der Waals surface area contributed by atoms with E-state index in [0.717, 1.165) is 22.6 Å². The fraction of sp³-hybridized carbons (Fsp3) is 0.235. The maximum absolute atomic E-state index is 13.5. The topological polar surface area (TPSA) is 24.4 Å². The van der Waals surface area contributed by atoms with Crippen LogP contribution < -0.4 is 5.32 Å². The van der Waals surface area contributed by atoms with Crippen molar-refractivity contribution in [3.63, 3.8) is 0 Å². The van der Waals surface area contributed by atoms with E-state index in [0.29, 0.717) is 5.02 Å². The molecule has 4 heteroatoms. The van der Waals surface area contributed by atoms with Crippen LogP contribution in [0, 0.1) is 11.7 Å². The summed E-state index contributed by atoms with van der Waals surface area (Å²) in [4.78, 5) is 4.73. The van der Waals surface area contributed by atoms with Crippen molar-refractivity contribution in [2.24, 2.45) is 10.9 Å². The van der Waals surface area contributed by atoms with Crippen LogP contribution in [0.25, 0.3) is 0 Å². The number of hydrogen-bond donors (Lipinski definition) is 1. The zero-order valence-corrected chi connectivity index (χ0v) is 12.7. The molecular weight excluding hydrogens is 287 g/mol. The van der Waals surface area contributed by atoms with E-state index in [1.165, 1.54) is 6.07 Å². The first-order valence-corrected chi connectivity index (χ1v) is 7.33. The molecule has 3 rings (SSSR count). The van der Waals surface area contributed by atoms with Crippen LogP contribution in [0.4, 0.5) is 15.8 Å². The summed E-state index contributed by atoms with van der Waals surface area (Å²) in [7, 11) is 0. The molecule has 0 aromatic heterocycles. The van der Waals surface area contributed by atoms with Gasteiger partial charge in [0.25, 0.3) is 0 Å². The second-order valence-electron chi connectivity index (χ2n) is 5.46. The van der Waals surface area contributed by atoms with Gasteiger partial charge >= 0.3 is 0 Å². The number of benzene rings is 2. The molecule has 0 bridgehead atoms. The highest BCUT2D eigenvalue weighted by atomic mass is 35.5. The molecule has 0 fully saturated rings. The molecular formula is C17H16ClFN2. The summed E-state index contributed by atoms with van der Waals surface area (Å²) < 4.78 is 13.5. The van der Waals surface area contributed by atoms with Crippen LogP contribution in [0.15, 0.2) is 47.5 Å². The summed E-state index contributed by atoms with van der Waals surface area (Å²) in [5, 5.41) is 4.05. The molecule has 21 heavy (non-hydrogen) atoms. The third kappa shape index (κ3) is 2.66. The molecule has 0 amide bonds. The Kier molecular flexibility index (Phi) is 3.68. The summed E-state index contributed by atoms with van der Waals surface area (Å²) in [5.74, 6) is -0.00973. The van der Waals surface area contributed by atoms with Crippen LogP contribution in [0.2, 0.25) is 5.02 Å². The number of para-hydroxylation sites is 1. The lowest BCUT2D eigenvalue weighted by Crippen LogP contribution is -2.27. The predicted octanol–water partition coefficient (Wildman–Crippen LogP) is 5.37. The van der Waals surface area contributed by atoms with E-state index >= 15 is 0 Å². The van der Waals surface area contributed by atoms with Crippen LogP contribution in [-0.4, -0.2) is 5.71 Å². The number of hydrogen-bond acceptors (Lipinski definition) is 2. The Morgan fingerprint density at radius 3 is 2.67 bits per heavy atom. The van der Waals surface area contributed by atoms with Crippen molar-refractivity contribution >= 4 is 28.7 Å². The van der Waals surface area contributed by atoms with Crippen molar-refractivity contribution < 1.29 is 4.39 Å². The predicted molar refractivity (Wildman–Crippen MR) is 86.1 cm³/mol. The van der Waals surface area contributed by atoms with Crippen LogP contribution in [0.5, 0.6) is 0 Å². The van der Waals surface area contributed by atoms with Crippen molar-refractivity contribution in [1.82, 2.24) is 0 Å². The van der Waals surface area contributed by atoms with Crippen LogP contribution >= 0.6 is 11.6 Å². The molecule has 0 spiro atoms. The SMILES string of the molecule is CC(C)C1=Nc2c(Cl)cccc2NC1c1cccc(F)c1. The monoisotopic (exact) mass is 302 g/mol. The van der Waals surface area contributed by atoms with Crippen molar-refractivity contribution in [2.45, 2.75) is 19.9 Å². The number of nitrogens with one attached hydrogen (secondary N) is 1. The summed E-state index contributed by atoms with van der Waals surface area (Å²) in [6.07, 6.45) is 0. The molecule has 2 aromatic carbocycles. The van der Waals surface area contributed by atoms with Gasteiger partial charge < -0.3 is 5.32 Å². The highest BCUT2D eigenvalue weighted by molar-refractivity contribution is 6.34. The average Bonchev–Trinajstić information content (AvgIpc) is 2.46. The Hall–Kier alpha value is -1.87. The third-order valence-corrected chi connectivity index (χ3v) is 3.90. The molecule has 1 aliphatic heterocycles. The minimum Gasteiger partial charge on any atom is -0.371 e. The van der Waals surface area contributed by atoms with E-state index in [9.17, 15) is 4.39 Å². The molecule has 1 heterocycles. The first-order chi connectivity index (χ1) is 10.1. The molecule has 0 saturated carbocycles. The van der Waals surface area contributed by atoms with Gasteiger partial charge in [-0.05, 0) is 35.7 Å². The Morgan fingerprint density at radius 2 is 1.95 bits per heavy atom. The molecule has 1 aliphatic rings. The first-order valence-electron chi connectivity index (χ1n) is 6.95. The largest absolute Gasteiger partial charge is 0.371 e. The molecule has 2 nitrogen and oxygen atoms in total. The first kappa shape index (κ1) is 14.1. The van der Waals surface area contributed by atoms with Gasteiger partial charge in [0.1, 0.15) is 11.5 Å². The van der Waals surface area contributed by atoms with Gasteiger partial charge in [0.15, 0.2) is 0 Å². The average molecular weight is 303 g/mol. The minimum atomic E-state index is -0.241. The van der Waals surface area contributed by atoms with E-state index < -0.39 is 0 Å². The second kappa shape index (κ2) is 5.49. The van der Waals surface area contributed by atoms with Gasteiger partial charge in [-0.2, -0.15) is 0 Å². The maximum atomic E-state index is 13.5. The normalized spacial score (nSPS) is 17.2. The summed E-state index contributed by atoms with van der Waals surface area (Å²) in [6, 6.07) is 12.1. The van der Waals surface area contributed by atoms with Gasteiger partial charge in [-0.3, -0.25) is 4.99 Å². The maximum Gasteiger partial charge on any atom is 0.123 e. The number of rotatable bonds is 2. The van der Waals surface area contributed by atoms with Crippen molar-refractivity contribution in [2.75, 3.05) is 5.32 Å². The van der Waals surface area contributed by atoms with Gasteiger partial charge in [-0.25, -0.2) is 4.39 Å². The lowest BCUT2D eigenvalue weighted by atomic mass is 9.92. The molecule has 0 radical (unpaired) electrons. The highest BCUT2D eigenvalue weighted by Gasteiger charge is 2.27. The number of nitrogens with zero attached hydrogens (tertiary/aromatic N) is 1. The molecule has 0 aliphatic carbocycles. The zero-order chi connectivity index (χ0) is 15.0. The van der Waals surface area contributed by atoms with E-state index in [2.05, 4.69) is 19.2 Å². The van der Waals surface area contributed by atoms with Crippen LogP contribution in [0.1, 0.15) is 25.5 Å². The van der Waals surface area contributed by atoms with E-state index in [1.807, 2.05) is 24.3 Å². The van der Waals surface area contributed by atoms with Gasteiger partial charge in [0, 0.05) is 5.71 Å². The van der Waals surface area contributed by atoms with Crippen molar-refractivity contribution in [3.05, 3.63) is 58.9 Å². The lowest BCUT2D eigenvalue weighted by Gasteiger charge is -2.30. The molecule has 1 atom stereocenters. The van der Waals surface area contributed by atoms with Gasteiger partial charge in [0.2, 0.25) is 0 Å². The van der Waals surface area contributed by atoms with Crippen molar-refractivity contribution in [3.8, 4) is 0 Å². The van der Waals surface area contributed by atoms with E-state index in [4.69, 9.17) is 16.6 Å². The Labute approximate surface area is 128 Å². The van der Waals surface area contributed by atoms with E-state index in [-0.39, 0.29) is 17.8 Å². The van der Waals surface area contributed by atoms with E-state index in [1.54, 1.807) is 12.1 Å².